The molecule has 0 aliphatic rings. The molecule has 3 aromatic rings. The van der Waals surface area contributed by atoms with Crippen LogP contribution in [-0.2, 0) is 41.8 Å². The third-order valence-electron chi connectivity index (χ3n) is 9.86. The van der Waals surface area contributed by atoms with Gasteiger partial charge in [-0.15, -0.1) is 0 Å². The fraction of sp³-hybridized carbons (Fsp3) is 0.571. The number of ether oxygens (including phenoxy) is 1. The molecule has 1 unspecified atom stereocenters. The number of benzene rings is 3. The number of hydrogen-bond acceptors (Lipinski definition) is 5. The van der Waals surface area contributed by atoms with Crippen LogP contribution in [0.3, 0.4) is 0 Å². The Labute approximate surface area is 368 Å². The van der Waals surface area contributed by atoms with Crippen LogP contribution in [0, 0.1) is 0 Å². The minimum atomic E-state index is -5.71. The standard InChI is InChI=1S/C42H46BF18NO4/c1-4-7-8-9-10-11-12-13-14-15-16-17-62(35(5-2)63-6-3)36-33(42(59,60)61)24-30(41(56,57)58)25-34(36)66-43(64-31-20-26(37(44,45)46)18-27(21-31)38(47,48)49)65-32-22-28(39(50,51)52)19-29(23-32)40(53,54)55/h18-25,35H,4-17H2,1-3H3. The first-order chi connectivity index (χ1) is 30.4. The summed E-state index contributed by atoms with van der Waals surface area (Å²) in [4.78, 5) is 0.838. The fourth-order valence-corrected chi connectivity index (χ4v) is 6.73. The smallest absolute Gasteiger partial charge is 0.490 e. The number of anilines is 1. The Morgan fingerprint density at radius 3 is 1.14 bits per heavy atom. The summed E-state index contributed by atoms with van der Waals surface area (Å²) in [7, 11) is -3.32. The van der Waals surface area contributed by atoms with Crippen LogP contribution in [-0.4, -0.2) is 26.7 Å². The van der Waals surface area contributed by atoms with Crippen molar-refractivity contribution < 1.29 is 97.7 Å². The maximum absolute atomic E-state index is 15.0. The Bertz CT molecular complexity index is 1840. The van der Waals surface area contributed by atoms with Gasteiger partial charge >= 0.3 is 44.4 Å². The van der Waals surface area contributed by atoms with Crippen molar-refractivity contribution in [2.45, 2.75) is 141 Å². The van der Waals surface area contributed by atoms with E-state index in [1.54, 1.807) is 0 Å². The van der Waals surface area contributed by atoms with Crippen LogP contribution in [0.5, 0.6) is 17.2 Å². The zero-order valence-corrected chi connectivity index (χ0v) is 35.6. The minimum Gasteiger partial charge on any atom is -0.490 e. The topological polar surface area (TPSA) is 40.2 Å². The van der Waals surface area contributed by atoms with Crippen LogP contribution in [0.1, 0.15) is 131 Å². The van der Waals surface area contributed by atoms with E-state index in [1.807, 2.05) is 0 Å². The molecule has 0 spiro atoms. The molecule has 0 saturated heterocycles. The lowest BCUT2D eigenvalue weighted by atomic mass is 10.0. The van der Waals surface area contributed by atoms with Gasteiger partial charge in [-0.25, -0.2) is 0 Å². The van der Waals surface area contributed by atoms with Crippen LogP contribution in [0.2, 0.25) is 0 Å². The zero-order chi connectivity index (χ0) is 49.9. The van der Waals surface area contributed by atoms with Gasteiger partial charge in [-0.1, -0.05) is 78.1 Å². The van der Waals surface area contributed by atoms with Gasteiger partial charge in [0.25, 0.3) is 0 Å². The molecule has 0 N–H and O–H groups in total. The molecule has 0 aromatic heterocycles. The molecule has 0 bridgehead atoms. The predicted molar refractivity (Wildman–Crippen MR) is 206 cm³/mol. The Morgan fingerprint density at radius 2 is 0.803 bits per heavy atom. The van der Waals surface area contributed by atoms with E-state index >= 15 is 13.2 Å². The molecule has 5 nitrogen and oxygen atoms in total. The maximum Gasteiger partial charge on any atom is 0.864 e. The number of rotatable bonds is 23. The summed E-state index contributed by atoms with van der Waals surface area (Å²) in [6, 6.07) is -1.92. The van der Waals surface area contributed by atoms with Crippen molar-refractivity contribution in [1.82, 2.24) is 0 Å². The van der Waals surface area contributed by atoms with Gasteiger partial charge in [-0.2, -0.15) is 79.0 Å². The Balaban J connectivity index is 2.32. The molecule has 24 heteroatoms. The molecule has 0 amide bonds. The van der Waals surface area contributed by atoms with Crippen molar-refractivity contribution in [3.8, 4) is 17.2 Å². The second-order valence-corrected chi connectivity index (χ2v) is 15.0. The Hall–Kier alpha value is -4.38. The number of unbranched alkanes of at least 4 members (excludes halogenated alkanes) is 10. The predicted octanol–water partition coefficient (Wildman–Crippen LogP) is 16.2. The zero-order valence-electron chi connectivity index (χ0n) is 35.6. The van der Waals surface area contributed by atoms with Gasteiger partial charge in [0, 0.05) is 13.2 Å². The molecule has 0 heterocycles. The van der Waals surface area contributed by atoms with Crippen molar-refractivity contribution in [2.75, 3.05) is 18.1 Å². The first-order valence-electron chi connectivity index (χ1n) is 20.7. The van der Waals surface area contributed by atoms with Crippen LogP contribution >= 0.6 is 0 Å². The number of halogens is 18. The molecule has 0 radical (unpaired) electrons. The fourth-order valence-electron chi connectivity index (χ4n) is 6.73. The largest absolute Gasteiger partial charge is 0.864 e. The summed E-state index contributed by atoms with van der Waals surface area (Å²) in [5.74, 6) is -4.78. The van der Waals surface area contributed by atoms with Crippen molar-refractivity contribution >= 4 is 13.0 Å². The first-order valence-corrected chi connectivity index (χ1v) is 20.7. The third kappa shape index (κ3) is 17.1. The molecule has 3 rings (SSSR count). The normalized spacial score (nSPS) is 13.5. The van der Waals surface area contributed by atoms with E-state index < -0.39 is 126 Å². The minimum absolute atomic E-state index is 0.0587. The summed E-state index contributed by atoms with van der Waals surface area (Å²) in [6.07, 6.45) is -26.6. The van der Waals surface area contributed by atoms with Gasteiger partial charge in [-0.3, -0.25) is 0 Å². The average Bonchev–Trinajstić information content (AvgIpc) is 3.18. The van der Waals surface area contributed by atoms with Gasteiger partial charge in [0.2, 0.25) is 0 Å². The van der Waals surface area contributed by atoms with Crippen LogP contribution in [0.25, 0.3) is 0 Å². The van der Waals surface area contributed by atoms with Crippen molar-refractivity contribution in [3.05, 3.63) is 81.9 Å². The average molecular weight is 982 g/mol. The third-order valence-corrected chi connectivity index (χ3v) is 9.86. The summed E-state index contributed by atoms with van der Waals surface area (Å²) < 4.78 is 275. The highest BCUT2D eigenvalue weighted by Crippen LogP contribution is 2.48. The van der Waals surface area contributed by atoms with E-state index in [0.29, 0.717) is 19.3 Å². The molecular weight excluding hydrogens is 935 g/mol. The number of hydrogen-bond donors (Lipinski definition) is 0. The second kappa shape index (κ2) is 23.1. The maximum atomic E-state index is 15.0. The first kappa shape index (κ1) is 56.0. The van der Waals surface area contributed by atoms with E-state index in [0.717, 1.165) is 49.8 Å². The van der Waals surface area contributed by atoms with Crippen molar-refractivity contribution in [2.24, 2.45) is 0 Å². The summed E-state index contributed by atoms with van der Waals surface area (Å²) in [6.45, 7) is 4.29. The number of alkyl halides is 18. The van der Waals surface area contributed by atoms with Gasteiger partial charge in [-0.05, 0) is 68.3 Å². The summed E-state index contributed by atoms with van der Waals surface area (Å²) in [5.41, 5.74) is -13.9. The van der Waals surface area contributed by atoms with E-state index in [4.69, 9.17) is 18.7 Å². The van der Waals surface area contributed by atoms with Crippen molar-refractivity contribution in [3.63, 3.8) is 0 Å². The SMILES string of the molecule is CCCCCCCCCCCCCN(c1c(OB(Oc2cc(C(F)(F)F)cc(C(F)(F)F)c2)Oc2cc(C(F)(F)F)cc(C(F)(F)F)c2)cc(C(F)(F)F)cc1C(F)(F)F)C(CC)OCC. The van der Waals surface area contributed by atoms with E-state index in [9.17, 15) is 65.9 Å². The van der Waals surface area contributed by atoms with Crippen LogP contribution in [0.4, 0.5) is 84.7 Å². The molecule has 0 fully saturated rings. The van der Waals surface area contributed by atoms with Gasteiger partial charge < -0.3 is 23.6 Å². The molecule has 0 aliphatic heterocycles. The highest BCUT2D eigenvalue weighted by molar-refractivity contribution is 6.39. The lowest BCUT2D eigenvalue weighted by Crippen LogP contribution is -2.41. The molecular formula is C42H46BF18NO4. The lowest BCUT2D eigenvalue weighted by Gasteiger charge is -2.36. The molecule has 0 saturated carbocycles. The van der Waals surface area contributed by atoms with Gasteiger partial charge in [0.05, 0.1) is 39.1 Å². The summed E-state index contributed by atoms with van der Waals surface area (Å²) in [5, 5.41) is 0. The lowest BCUT2D eigenvalue weighted by molar-refractivity contribution is -0.144. The van der Waals surface area contributed by atoms with Gasteiger partial charge in [0.1, 0.15) is 23.5 Å². The van der Waals surface area contributed by atoms with E-state index in [1.165, 1.54) is 13.8 Å². The molecule has 0 aliphatic carbocycles. The van der Waals surface area contributed by atoms with E-state index in [-0.39, 0.29) is 55.8 Å². The summed E-state index contributed by atoms with van der Waals surface area (Å²) >= 11 is 0. The van der Waals surface area contributed by atoms with Crippen molar-refractivity contribution in [1.29, 1.82) is 0 Å². The molecule has 66 heavy (non-hydrogen) atoms. The highest BCUT2D eigenvalue weighted by atomic mass is 19.4. The van der Waals surface area contributed by atoms with E-state index in [2.05, 4.69) is 6.92 Å². The Kier molecular flexibility index (Phi) is 19.6. The highest BCUT2D eigenvalue weighted by Gasteiger charge is 2.46. The molecule has 3 aromatic carbocycles. The van der Waals surface area contributed by atoms with Crippen LogP contribution in [0.15, 0.2) is 48.5 Å². The second-order valence-electron chi connectivity index (χ2n) is 15.0. The number of nitrogens with zero attached hydrogens (tertiary/aromatic N) is 1. The molecule has 372 valence electrons. The Morgan fingerprint density at radius 1 is 0.439 bits per heavy atom. The molecule has 1 atom stereocenters. The monoisotopic (exact) mass is 981 g/mol. The van der Waals surface area contributed by atoms with Gasteiger partial charge in [0.15, 0.2) is 0 Å². The quantitative estimate of drug-likeness (QED) is 0.0410. The van der Waals surface area contributed by atoms with Crippen LogP contribution < -0.4 is 18.9 Å².